The first kappa shape index (κ1) is 17.5. The smallest absolute Gasteiger partial charge is 0.550 e. The van der Waals surface area contributed by atoms with Crippen LogP contribution >= 0.6 is 0 Å². The molecule has 0 N–H and O–H groups in total. The summed E-state index contributed by atoms with van der Waals surface area (Å²) in [6.07, 6.45) is 7.58. The van der Waals surface area contributed by atoms with E-state index >= 15 is 0 Å². The molecule has 2 atom stereocenters. The molecule has 0 aliphatic heterocycles. The van der Waals surface area contributed by atoms with Gasteiger partial charge in [0, 0.05) is 5.97 Å². The Labute approximate surface area is 128 Å². The van der Waals surface area contributed by atoms with Gasteiger partial charge in [-0.25, -0.2) is 0 Å². The summed E-state index contributed by atoms with van der Waals surface area (Å²) < 4.78 is 0. The molecule has 3 heteroatoms. The van der Waals surface area contributed by atoms with E-state index in [9.17, 15) is 9.90 Å². The normalized spacial score (nSPS) is 25.1. The Morgan fingerprint density at radius 2 is 1.71 bits per heavy atom. The minimum atomic E-state index is -0.896. The van der Waals surface area contributed by atoms with Gasteiger partial charge in [-0.2, -0.15) is 0 Å². The fraction of sp³-hybridized carbons (Fsp3) is 0.929. The molecule has 2 nitrogen and oxygen atoms in total. The maximum absolute atomic E-state index is 10.4. The molecule has 0 amide bonds. The first-order chi connectivity index (χ1) is 7.50. The van der Waals surface area contributed by atoms with Crippen molar-refractivity contribution in [2.45, 2.75) is 65.7 Å². The Balaban J connectivity index is 0.00000256. The van der Waals surface area contributed by atoms with Crippen LogP contribution in [0.2, 0.25) is 0 Å². The van der Waals surface area contributed by atoms with Gasteiger partial charge in [-0.3, -0.25) is 0 Å². The molecule has 0 bridgehead atoms. The van der Waals surface area contributed by atoms with E-state index in [0.29, 0.717) is 11.3 Å². The van der Waals surface area contributed by atoms with Gasteiger partial charge in [0.1, 0.15) is 0 Å². The number of carboxylic acids is 1. The predicted molar refractivity (Wildman–Crippen MR) is 63.8 cm³/mol. The predicted octanol–water partition coefficient (Wildman–Crippen LogP) is -0.237. The molecule has 0 saturated heterocycles. The average Bonchev–Trinajstić information content (AvgIpc) is 2.72. The third kappa shape index (κ3) is 5.32. The van der Waals surface area contributed by atoms with Crippen LogP contribution < -0.4 is 34.7 Å². The molecular formula is C14H25NaO2. The number of carbonyl (C=O) groups is 1. The van der Waals surface area contributed by atoms with Gasteiger partial charge in [0.05, 0.1) is 0 Å². The monoisotopic (exact) mass is 248 g/mol. The van der Waals surface area contributed by atoms with E-state index in [4.69, 9.17) is 0 Å². The molecule has 0 aromatic heterocycles. The Bertz CT molecular complexity index is 238. The molecule has 1 rings (SSSR count). The number of carboxylic acid groups (broad SMARTS) is 1. The molecule has 1 aliphatic rings. The van der Waals surface area contributed by atoms with Gasteiger partial charge in [-0.1, -0.05) is 46.5 Å². The molecule has 0 aromatic carbocycles. The van der Waals surface area contributed by atoms with E-state index in [-0.39, 0.29) is 36.0 Å². The summed E-state index contributed by atoms with van der Waals surface area (Å²) in [4.78, 5) is 10.4. The van der Waals surface area contributed by atoms with Crippen molar-refractivity contribution in [3.8, 4) is 0 Å². The van der Waals surface area contributed by atoms with E-state index < -0.39 is 5.97 Å². The first-order valence-corrected chi connectivity index (χ1v) is 6.70. The summed E-state index contributed by atoms with van der Waals surface area (Å²) in [5.41, 5.74) is 0.377. The van der Waals surface area contributed by atoms with Gasteiger partial charge < -0.3 is 9.90 Å². The summed E-state index contributed by atoms with van der Waals surface area (Å²) in [5, 5.41) is 10.4. The molecule has 2 unspecified atom stereocenters. The summed E-state index contributed by atoms with van der Waals surface area (Å²) in [7, 11) is 0. The molecule has 1 aliphatic carbocycles. The second kappa shape index (κ2) is 7.81. The van der Waals surface area contributed by atoms with Crippen molar-refractivity contribution in [2.24, 2.45) is 17.3 Å². The Kier molecular flexibility index (Phi) is 8.02. The summed E-state index contributed by atoms with van der Waals surface area (Å²) >= 11 is 0. The molecule has 0 aromatic rings. The average molecular weight is 248 g/mol. The van der Waals surface area contributed by atoms with Crippen molar-refractivity contribution in [2.75, 3.05) is 0 Å². The van der Waals surface area contributed by atoms with Crippen molar-refractivity contribution < 1.29 is 39.5 Å². The number of rotatable bonds is 8. The van der Waals surface area contributed by atoms with Crippen molar-refractivity contribution in [1.29, 1.82) is 0 Å². The first-order valence-electron chi connectivity index (χ1n) is 6.70. The van der Waals surface area contributed by atoms with Crippen LogP contribution in [0.4, 0.5) is 0 Å². The topological polar surface area (TPSA) is 40.1 Å². The van der Waals surface area contributed by atoms with Crippen LogP contribution in [0, 0.1) is 17.3 Å². The van der Waals surface area contributed by atoms with Crippen LogP contribution in [-0.4, -0.2) is 5.97 Å². The van der Waals surface area contributed by atoms with Gasteiger partial charge in [-0.15, -0.1) is 0 Å². The number of aliphatic carboxylic acids is 1. The van der Waals surface area contributed by atoms with Gasteiger partial charge in [-0.05, 0) is 36.5 Å². The van der Waals surface area contributed by atoms with E-state index in [1.54, 1.807) is 0 Å². The Hall–Kier alpha value is 0.470. The van der Waals surface area contributed by atoms with Crippen molar-refractivity contribution in [1.82, 2.24) is 0 Å². The maximum atomic E-state index is 10.4. The quantitative estimate of drug-likeness (QED) is 0.439. The van der Waals surface area contributed by atoms with Gasteiger partial charge >= 0.3 is 29.6 Å². The molecule has 17 heavy (non-hydrogen) atoms. The zero-order valence-corrected chi connectivity index (χ0v) is 13.9. The number of carbonyl (C=O) groups excluding carboxylic acids is 1. The number of hydrogen-bond acceptors (Lipinski definition) is 2. The van der Waals surface area contributed by atoms with E-state index in [2.05, 4.69) is 20.8 Å². The third-order valence-electron chi connectivity index (χ3n) is 4.32. The van der Waals surface area contributed by atoms with Gasteiger partial charge in [0.2, 0.25) is 0 Å². The van der Waals surface area contributed by atoms with Crippen LogP contribution in [-0.2, 0) is 4.79 Å². The zero-order chi connectivity index (χ0) is 12.2. The molecule has 0 spiro atoms. The van der Waals surface area contributed by atoms with Crippen molar-refractivity contribution in [3.63, 3.8) is 0 Å². The van der Waals surface area contributed by atoms with Crippen molar-refractivity contribution >= 4 is 5.97 Å². The molecular weight excluding hydrogens is 223 g/mol. The van der Waals surface area contributed by atoms with Crippen LogP contribution in [0.15, 0.2) is 0 Å². The number of hydrogen-bond donors (Lipinski definition) is 0. The second-order valence-electron chi connectivity index (χ2n) is 5.79. The molecule has 94 valence electrons. The van der Waals surface area contributed by atoms with Crippen LogP contribution in [0.3, 0.4) is 0 Å². The van der Waals surface area contributed by atoms with E-state index in [0.717, 1.165) is 12.3 Å². The van der Waals surface area contributed by atoms with Crippen molar-refractivity contribution in [3.05, 3.63) is 0 Å². The summed E-state index contributed by atoms with van der Waals surface area (Å²) in [5.74, 6) is 0.475. The largest absolute Gasteiger partial charge is 1.00 e. The molecule has 0 radical (unpaired) electrons. The zero-order valence-electron chi connectivity index (χ0n) is 11.9. The maximum Gasteiger partial charge on any atom is 1.00 e. The van der Waals surface area contributed by atoms with Crippen LogP contribution in [0.5, 0.6) is 0 Å². The fourth-order valence-corrected chi connectivity index (χ4v) is 3.07. The van der Waals surface area contributed by atoms with E-state index in [1.165, 1.54) is 32.1 Å². The minimum Gasteiger partial charge on any atom is -0.550 e. The summed E-state index contributed by atoms with van der Waals surface area (Å²) in [6, 6.07) is 0. The Morgan fingerprint density at radius 3 is 2.24 bits per heavy atom. The van der Waals surface area contributed by atoms with Crippen LogP contribution in [0.1, 0.15) is 65.7 Å². The molecule has 0 heterocycles. The molecule has 1 saturated carbocycles. The second-order valence-corrected chi connectivity index (χ2v) is 5.79. The number of unbranched alkanes of at least 4 members (excludes halogenated alkanes) is 3. The fourth-order valence-electron chi connectivity index (χ4n) is 3.07. The SMILES string of the molecule is CCCCCCC1C(CCC(=O)[O-])C1(C)C.[Na+]. The third-order valence-corrected chi connectivity index (χ3v) is 4.32. The standard InChI is InChI=1S/C14H26O2.Na/c1-4-5-6-7-8-11-12(14(11,2)3)9-10-13(15)16;/h11-12H,4-10H2,1-3H3,(H,15,16);/q;+1/p-1. The van der Waals surface area contributed by atoms with E-state index in [1.807, 2.05) is 0 Å². The molecule has 1 fully saturated rings. The Morgan fingerprint density at radius 1 is 1.12 bits per heavy atom. The van der Waals surface area contributed by atoms with Gasteiger partial charge in [0.15, 0.2) is 0 Å². The van der Waals surface area contributed by atoms with Gasteiger partial charge in [0.25, 0.3) is 0 Å². The van der Waals surface area contributed by atoms with Crippen LogP contribution in [0.25, 0.3) is 0 Å². The minimum absolute atomic E-state index is 0. The summed E-state index contributed by atoms with van der Waals surface area (Å²) in [6.45, 7) is 6.78.